The van der Waals surface area contributed by atoms with Crippen LogP contribution in [0.25, 0.3) is 0 Å². The average molecular weight is 325 g/mol. The number of aliphatic hydroxyl groups excluding tert-OH is 2. The van der Waals surface area contributed by atoms with Crippen LogP contribution in [-0.4, -0.2) is 33.6 Å². The molecule has 3 N–H and O–H groups in total. The zero-order valence-electron chi connectivity index (χ0n) is 15.6. The molecule has 0 unspecified atom stereocenters. The molecule has 134 valence electrons. The molecule has 2 rings (SSSR count). The van der Waals surface area contributed by atoms with Gasteiger partial charge in [-0.1, -0.05) is 32.4 Å². The van der Waals surface area contributed by atoms with Crippen LogP contribution in [0.4, 0.5) is 0 Å². The van der Waals surface area contributed by atoms with Crippen molar-refractivity contribution >= 4 is 0 Å². The van der Waals surface area contributed by atoms with E-state index < -0.39 is 5.60 Å². The largest absolute Gasteiger partial charge is 0.393 e. The molecule has 0 radical (unpaired) electrons. The van der Waals surface area contributed by atoms with Crippen LogP contribution in [0.15, 0.2) is 11.6 Å². The average Bonchev–Trinajstić information content (AvgIpc) is 2.34. The summed E-state index contributed by atoms with van der Waals surface area (Å²) >= 11 is 0. The molecule has 0 spiro atoms. The third-order valence-corrected chi connectivity index (χ3v) is 6.93. The van der Waals surface area contributed by atoms with E-state index >= 15 is 0 Å². The summed E-state index contributed by atoms with van der Waals surface area (Å²) in [5.41, 5.74) is 0.613. The van der Waals surface area contributed by atoms with Gasteiger partial charge in [-0.05, 0) is 75.0 Å². The minimum absolute atomic E-state index is 0.0254. The van der Waals surface area contributed by atoms with Gasteiger partial charge in [0.2, 0.25) is 0 Å². The minimum Gasteiger partial charge on any atom is -0.393 e. The normalized spacial score (nSPS) is 44.0. The smallest absolute Gasteiger partial charge is 0.0653 e. The first-order valence-corrected chi connectivity index (χ1v) is 9.20. The fourth-order valence-corrected chi connectivity index (χ4v) is 6.06. The maximum Gasteiger partial charge on any atom is 0.0653 e. The molecule has 0 saturated heterocycles. The van der Waals surface area contributed by atoms with E-state index in [1.807, 2.05) is 19.9 Å². The van der Waals surface area contributed by atoms with Crippen LogP contribution < -0.4 is 0 Å². The maximum atomic E-state index is 11.1. The minimum atomic E-state index is -0.669. The Balaban J connectivity index is 2.29. The first kappa shape index (κ1) is 19.0. The van der Waals surface area contributed by atoms with Crippen LogP contribution in [-0.2, 0) is 0 Å². The van der Waals surface area contributed by atoms with Crippen molar-refractivity contribution < 1.29 is 15.3 Å². The van der Waals surface area contributed by atoms with Gasteiger partial charge in [0.1, 0.15) is 0 Å². The molecule has 0 amide bonds. The molecule has 0 bridgehead atoms. The highest BCUT2D eigenvalue weighted by atomic mass is 16.3. The van der Waals surface area contributed by atoms with Crippen LogP contribution in [0.1, 0.15) is 73.1 Å². The molecule has 3 heteroatoms. The number of aliphatic hydroxyl groups is 3. The van der Waals surface area contributed by atoms with Crippen LogP contribution in [0.2, 0.25) is 0 Å². The summed E-state index contributed by atoms with van der Waals surface area (Å²) in [6, 6.07) is 0. The predicted octanol–water partition coefficient (Wildman–Crippen LogP) is 3.67. The Morgan fingerprint density at radius 1 is 1.17 bits per heavy atom. The van der Waals surface area contributed by atoms with Gasteiger partial charge in [0.25, 0.3) is 0 Å². The van der Waals surface area contributed by atoms with Gasteiger partial charge < -0.3 is 15.3 Å². The van der Waals surface area contributed by atoms with Crippen molar-refractivity contribution in [2.45, 2.75) is 84.8 Å². The highest BCUT2D eigenvalue weighted by Gasteiger charge is 2.59. The predicted molar refractivity (Wildman–Crippen MR) is 94.0 cm³/mol. The lowest BCUT2D eigenvalue weighted by atomic mass is 9.44. The molecule has 2 aliphatic rings. The van der Waals surface area contributed by atoms with Gasteiger partial charge >= 0.3 is 0 Å². The second kappa shape index (κ2) is 6.50. The van der Waals surface area contributed by atoms with Crippen molar-refractivity contribution in [3.05, 3.63) is 11.6 Å². The molecular formula is C20H36O3. The summed E-state index contributed by atoms with van der Waals surface area (Å²) in [7, 11) is 0. The molecule has 0 heterocycles. The summed E-state index contributed by atoms with van der Waals surface area (Å²) in [6.07, 6.45) is 6.97. The van der Waals surface area contributed by atoms with Gasteiger partial charge in [-0.25, -0.2) is 0 Å². The second-order valence-electron chi connectivity index (χ2n) is 9.33. The third kappa shape index (κ3) is 3.67. The number of allylic oxidation sites excluding steroid dienone is 1. The molecule has 2 aliphatic carbocycles. The molecule has 2 saturated carbocycles. The summed E-state index contributed by atoms with van der Waals surface area (Å²) < 4.78 is 0. The van der Waals surface area contributed by atoms with Gasteiger partial charge in [-0.15, -0.1) is 0 Å². The third-order valence-electron chi connectivity index (χ3n) is 6.93. The summed E-state index contributed by atoms with van der Waals surface area (Å²) in [5, 5.41) is 30.6. The zero-order chi connectivity index (χ0) is 17.5. The Bertz CT molecular complexity index is 452. The maximum absolute atomic E-state index is 11.1. The lowest BCUT2D eigenvalue weighted by molar-refractivity contribution is -0.188. The van der Waals surface area contributed by atoms with E-state index in [1.165, 1.54) is 5.57 Å². The monoisotopic (exact) mass is 324 g/mol. The van der Waals surface area contributed by atoms with Gasteiger partial charge in [-0.3, -0.25) is 0 Å². The number of hydrogen-bond acceptors (Lipinski definition) is 3. The van der Waals surface area contributed by atoms with Crippen molar-refractivity contribution in [1.29, 1.82) is 0 Å². The van der Waals surface area contributed by atoms with E-state index in [2.05, 4.69) is 20.8 Å². The SMILES string of the molecule is C/C(=C/CO)CC[C@H]1[C@]2(C)C[C@H](O)CC(C)(C)[C@H]2CC[C@]1(C)O. The van der Waals surface area contributed by atoms with E-state index in [4.69, 9.17) is 5.11 Å². The Morgan fingerprint density at radius 2 is 1.83 bits per heavy atom. The lowest BCUT2D eigenvalue weighted by Crippen LogP contribution is -2.59. The Kier molecular flexibility index (Phi) is 5.35. The van der Waals surface area contributed by atoms with Crippen LogP contribution >= 0.6 is 0 Å². The molecule has 0 aromatic heterocycles. The molecule has 0 aromatic carbocycles. The van der Waals surface area contributed by atoms with E-state index in [0.29, 0.717) is 5.92 Å². The summed E-state index contributed by atoms with van der Waals surface area (Å²) in [4.78, 5) is 0. The quantitative estimate of drug-likeness (QED) is 0.692. The lowest BCUT2D eigenvalue weighted by Gasteiger charge is -2.62. The second-order valence-corrected chi connectivity index (χ2v) is 9.33. The molecule has 23 heavy (non-hydrogen) atoms. The van der Waals surface area contributed by atoms with Crippen molar-refractivity contribution in [3.8, 4) is 0 Å². The summed E-state index contributed by atoms with van der Waals surface area (Å²) in [5.74, 6) is 0.732. The molecular weight excluding hydrogens is 288 g/mol. The van der Waals surface area contributed by atoms with E-state index in [1.54, 1.807) is 0 Å². The fourth-order valence-electron chi connectivity index (χ4n) is 6.06. The Hall–Kier alpha value is -0.380. The highest BCUT2D eigenvalue weighted by molar-refractivity contribution is 5.10. The molecule has 2 fully saturated rings. The Labute approximate surface area is 141 Å². The number of fused-ring (bicyclic) bond motifs is 1. The fraction of sp³-hybridized carbons (Fsp3) is 0.900. The van der Waals surface area contributed by atoms with Gasteiger partial charge in [-0.2, -0.15) is 0 Å². The van der Waals surface area contributed by atoms with Crippen molar-refractivity contribution in [2.75, 3.05) is 6.61 Å². The van der Waals surface area contributed by atoms with E-state index in [9.17, 15) is 10.2 Å². The van der Waals surface area contributed by atoms with Crippen molar-refractivity contribution in [3.63, 3.8) is 0 Å². The van der Waals surface area contributed by atoms with Crippen LogP contribution in [0.3, 0.4) is 0 Å². The first-order chi connectivity index (χ1) is 10.5. The van der Waals surface area contributed by atoms with Gasteiger partial charge in [0.15, 0.2) is 0 Å². The van der Waals surface area contributed by atoms with E-state index in [-0.39, 0.29) is 29.5 Å². The van der Waals surface area contributed by atoms with Crippen molar-refractivity contribution in [2.24, 2.45) is 22.7 Å². The highest BCUT2D eigenvalue weighted by Crippen LogP contribution is 2.62. The number of hydrogen-bond donors (Lipinski definition) is 3. The standard InChI is InChI=1S/C20H36O3/c1-14(9-11-21)6-7-17-19(4)13-15(22)12-18(2,3)16(19)8-10-20(17,5)23/h9,15-17,21-23H,6-8,10-13H2,1-5H3/b14-9-/t15-,16-,17+,19-,20+/m1/s1. The summed E-state index contributed by atoms with van der Waals surface area (Å²) in [6.45, 7) is 11.0. The van der Waals surface area contributed by atoms with Crippen molar-refractivity contribution in [1.82, 2.24) is 0 Å². The topological polar surface area (TPSA) is 60.7 Å². The van der Waals surface area contributed by atoms with Crippen LogP contribution in [0, 0.1) is 22.7 Å². The van der Waals surface area contributed by atoms with E-state index in [0.717, 1.165) is 38.5 Å². The molecule has 0 aromatic rings. The molecule has 5 atom stereocenters. The van der Waals surface area contributed by atoms with Crippen LogP contribution in [0.5, 0.6) is 0 Å². The van der Waals surface area contributed by atoms with Gasteiger partial charge in [0.05, 0.1) is 18.3 Å². The zero-order valence-corrected chi connectivity index (χ0v) is 15.6. The number of rotatable bonds is 4. The Morgan fingerprint density at radius 3 is 2.43 bits per heavy atom. The molecule has 0 aliphatic heterocycles. The van der Waals surface area contributed by atoms with Gasteiger partial charge in [0, 0.05) is 0 Å². The first-order valence-electron chi connectivity index (χ1n) is 9.20. The molecule has 3 nitrogen and oxygen atoms in total.